The van der Waals surface area contributed by atoms with Crippen molar-refractivity contribution in [3.05, 3.63) is 53.6 Å². The Morgan fingerprint density at radius 3 is 2.48 bits per heavy atom. The Balaban J connectivity index is 1.93. The maximum Gasteiger partial charge on any atom is 0.288 e. The van der Waals surface area contributed by atoms with E-state index < -0.39 is 21.7 Å². The molecule has 9 heteroatoms. The zero-order valence-corrected chi connectivity index (χ0v) is 16.5. The van der Waals surface area contributed by atoms with E-state index in [2.05, 4.69) is 10.0 Å². The topological polar surface area (TPSA) is 75.3 Å². The Hall–Kier alpha value is -1.97. The molecule has 0 radical (unpaired) electrons. The number of amides is 1. The second-order valence-corrected chi connectivity index (χ2v) is 8.62. The molecule has 0 aliphatic rings. The third-order valence-corrected chi connectivity index (χ3v) is 6.06. The standard InChI is InChI=1S/C18H20F2N2O3S2/c1-12-7-8-14(11-13(12)2)27(24,25)21-10-9-17(23)22-15-5-3-4-6-16(15)26-18(19)20/h3-8,11,18,21H,9-10H2,1-2H3,(H,22,23). The number of rotatable bonds is 8. The summed E-state index contributed by atoms with van der Waals surface area (Å²) in [4.78, 5) is 12.4. The summed E-state index contributed by atoms with van der Waals surface area (Å²) in [6.45, 7) is 3.59. The molecule has 0 saturated carbocycles. The Labute approximate surface area is 161 Å². The second kappa shape index (κ2) is 9.29. The number of hydrogen-bond acceptors (Lipinski definition) is 4. The number of carbonyl (C=O) groups excluding carboxylic acids is 1. The van der Waals surface area contributed by atoms with Crippen LogP contribution in [0.15, 0.2) is 52.3 Å². The molecule has 0 spiro atoms. The van der Waals surface area contributed by atoms with Gasteiger partial charge in [0.15, 0.2) is 0 Å². The molecule has 5 nitrogen and oxygen atoms in total. The van der Waals surface area contributed by atoms with Gasteiger partial charge in [-0.1, -0.05) is 30.0 Å². The number of benzene rings is 2. The summed E-state index contributed by atoms with van der Waals surface area (Å²) < 4.78 is 52.1. The van der Waals surface area contributed by atoms with Crippen LogP contribution in [-0.2, 0) is 14.8 Å². The molecule has 27 heavy (non-hydrogen) atoms. The van der Waals surface area contributed by atoms with Gasteiger partial charge in [-0.25, -0.2) is 13.1 Å². The first-order chi connectivity index (χ1) is 12.7. The van der Waals surface area contributed by atoms with E-state index >= 15 is 0 Å². The van der Waals surface area contributed by atoms with Crippen LogP contribution < -0.4 is 10.0 Å². The van der Waals surface area contributed by atoms with Crippen LogP contribution in [0.2, 0.25) is 0 Å². The number of halogens is 2. The van der Waals surface area contributed by atoms with E-state index in [1.54, 1.807) is 24.3 Å². The molecule has 2 N–H and O–H groups in total. The summed E-state index contributed by atoms with van der Waals surface area (Å²) in [6.07, 6.45) is -0.127. The van der Waals surface area contributed by atoms with E-state index in [0.717, 1.165) is 11.1 Å². The Bertz CT molecular complexity index is 919. The van der Waals surface area contributed by atoms with Crippen LogP contribution in [0.4, 0.5) is 14.5 Å². The molecule has 0 unspecified atom stereocenters. The van der Waals surface area contributed by atoms with E-state index in [9.17, 15) is 22.0 Å². The van der Waals surface area contributed by atoms with Gasteiger partial charge in [-0.2, -0.15) is 8.78 Å². The highest BCUT2D eigenvalue weighted by atomic mass is 32.2. The average Bonchev–Trinajstić information content (AvgIpc) is 2.58. The van der Waals surface area contributed by atoms with E-state index in [1.807, 2.05) is 13.8 Å². The summed E-state index contributed by atoms with van der Waals surface area (Å²) in [5.74, 6) is -3.08. The van der Waals surface area contributed by atoms with Gasteiger partial charge in [0.05, 0.1) is 10.6 Å². The zero-order valence-electron chi connectivity index (χ0n) is 14.8. The fraction of sp³-hybridized carbons (Fsp3) is 0.278. The first-order valence-electron chi connectivity index (χ1n) is 8.09. The van der Waals surface area contributed by atoms with Crippen molar-refractivity contribution in [1.29, 1.82) is 0 Å². The molecular weight excluding hydrogens is 394 g/mol. The Morgan fingerprint density at radius 1 is 1.11 bits per heavy atom. The van der Waals surface area contributed by atoms with Crippen LogP contribution in [0.25, 0.3) is 0 Å². The molecule has 0 saturated heterocycles. The number of nitrogens with one attached hydrogen (secondary N) is 2. The lowest BCUT2D eigenvalue weighted by Crippen LogP contribution is -2.28. The largest absolute Gasteiger partial charge is 0.325 e. The predicted molar refractivity (Wildman–Crippen MR) is 103 cm³/mol. The van der Waals surface area contributed by atoms with Gasteiger partial charge in [0, 0.05) is 17.9 Å². The van der Waals surface area contributed by atoms with Crippen molar-refractivity contribution < 1.29 is 22.0 Å². The molecule has 0 aliphatic carbocycles. The molecule has 0 fully saturated rings. The molecular formula is C18H20F2N2O3S2. The number of hydrogen-bond donors (Lipinski definition) is 2. The Morgan fingerprint density at radius 2 is 1.81 bits per heavy atom. The third-order valence-electron chi connectivity index (χ3n) is 3.81. The Kier molecular flexibility index (Phi) is 7.34. The van der Waals surface area contributed by atoms with Crippen LogP contribution in [0.5, 0.6) is 0 Å². The van der Waals surface area contributed by atoms with Gasteiger partial charge in [0.25, 0.3) is 5.76 Å². The molecule has 0 aromatic heterocycles. The van der Waals surface area contributed by atoms with Gasteiger partial charge in [0.2, 0.25) is 15.9 Å². The van der Waals surface area contributed by atoms with Crippen LogP contribution in [0.3, 0.4) is 0 Å². The van der Waals surface area contributed by atoms with E-state index in [1.165, 1.54) is 18.2 Å². The lowest BCUT2D eigenvalue weighted by atomic mass is 10.1. The van der Waals surface area contributed by atoms with Gasteiger partial charge < -0.3 is 5.32 Å². The molecule has 0 heterocycles. The summed E-state index contributed by atoms with van der Waals surface area (Å²) in [7, 11) is -3.73. The van der Waals surface area contributed by atoms with Crippen molar-refractivity contribution in [2.75, 3.05) is 11.9 Å². The minimum absolute atomic E-state index is 0.106. The second-order valence-electron chi connectivity index (χ2n) is 5.82. The maximum atomic E-state index is 12.6. The van der Waals surface area contributed by atoms with E-state index in [-0.39, 0.29) is 28.4 Å². The first kappa shape index (κ1) is 21.3. The van der Waals surface area contributed by atoms with E-state index in [4.69, 9.17) is 0 Å². The molecule has 0 aliphatic heterocycles. The minimum atomic E-state index is -3.73. The highest BCUT2D eigenvalue weighted by Crippen LogP contribution is 2.31. The highest BCUT2D eigenvalue weighted by Gasteiger charge is 2.16. The SMILES string of the molecule is Cc1ccc(S(=O)(=O)NCCC(=O)Nc2ccccc2SC(F)F)cc1C. The number of sulfonamides is 1. The average molecular weight is 414 g/mol. The van der Waals surface area contributed by atoms with Gasteiger partial charge >= 0.3 is 0 Å². The summed E-state index contributed by atoms with van der Waals surface area (Å²) in [5.41, 5.74) is 2.10. The molecule has 2 aromatic carbocycles. The lowest BCUT2D eigenvalue weighted by Gasteiger charge is -2.11. The van der Waals surface area contributed by atoms with Crippen molar-refractivity contribution in [1.82, 2.24) is 4.72 Å². The van der Waals surface area contributed by atoms with Gasteiger partial charge in [-0.3, -0.25) is 4.79 Å². The smallest absolute Gasteiger partial charge is 0.288 e. The number of aryl methyl sites for hydroxylation is 2. The highest BCUT2D eigenvalue weighted by molar-refractivity contribution is 7.99. The van der Waals surface area contributed by atoms with E-state index in [0.29, 0.717) is 11.8 Å². The predicted octanol–water partition coefficient (Wildman–Crippen LogP) is 3.93. The number of thioether (sulfide) groups is 1. The van der Waals surface area contributed by atoms with Crippen molar-refractivity contribution in [3.63, 3.8) is 0 Å². The van der Waals surface area contributed by atoms with Crippen LogP contribution in [0.1, 0.15) is 17.5 Å². The third kappa shape index (κ3) is 6.30. The van der Waals surface area contributed by atoms with Gasteiger partial charge in [-0.05, 0) is 49.2 Å². The quantitative estimate of drug-likeness (QED) is 0.642. The first-order valence-corrected chi connectivity index (χ1v) is 10.5. The van der Waals surface area contributed by atoms with Crippen molar-refractivity contribution in [2.24, 2.45) is 0 Å². The zero-order chi connectivity index (χ0) is 20.0. The van der Waals surface area contributed by atoms with Crippen molar-refractivity contribution in [2.45, 2.75) is 35.8 Å². The lowest BCUT2D eigenvalue weighted by molar-refractivity contribution is -0.116. The normalized spacial score (nSPS) is 11.6. The maximum absolute atomic E-state index is 12.6. The van der Waals surface area contributed by atoms with Crippen LogP contribution in [-0.4, -0.2) is 26.6 Å². The fourth-order valence-corrected chi connectivity index (χ4v) is 3.96. The van der Waals surface area contributed by atoms with Crippen LogP contribution in [0, 0.1) is 13.8 Å². The summed E-state index contributed by atoms with van der Waals surface area (Å²) in [6, 6.07) is 11.0. The summed E-state index contributed by atoms with van der Waals surface area (Å²) >= 11 is 0.335. The minimum Gasteiger partial charge on any atom is -0.325 e. The molecule has 1 amide bonds. The van der Waals surface area contributed by atoms with Gasteiger partial charge in [-0.15, -0.1) is 0 Å². The number of carbonyl (C=O) groups is 1. The molecule has 0 atom stereocenters. The number of anilines is 1. The molecule has 2 rings (SSSR count). The fourth-order valence-electron chi connectivity index (χ4n) is 2.24. The number of alkyl halides is 2. The van der Waals surface area contributed by atoms with Crippen molar-refractivity contribution in [3.8, 4) is 0 Å². The summed E-state index contributed by atoms with van der Waals surface area (Å²) in [5, 5.41) is 2.53. The monoisotopic (exact) mass is 414 g/mol. The molecule has 2 aromatic rings. The van der Waals surface area contributed by atoms with Crippen molar-refractivity contribution >= 4 is 33.4 Å². The number of para-hydroxylation sites is 1. The molecule has 146 valence electrons. The van der Waals surface area contributed by atoms with Gasteiger partial charge in [0.1, 0.15) is 0 Å². The molecule has 0 bridgehead atoms. The van der Waals surface area contributed by atoms with Crippen LogP contribution >= 0.6 is 11.8 Å².